The lowest BCUT2D eigenvalue weighted by Crippen LogP contribution is -2.40. The van der Waals surface area contributed by atoms with E-state index in [1.807, 2.05) is 12.5 Å². The van der Waals surface area contributed by atoms with Gasteiger partial charge in [-0.2, -0.15) is 0 Å². The van der Waals surface area contributed by atoms with Crippen LogP contribution >= 0.6 is 0 Å². The first-order valence-corrected chi connectivity index (χ1v) is 9.37. The Labute approximate surface area is 162 Å². The first kappa shape index (κ1) is 20.9. The molecule has 0 saturated heterocycles. The third-order valence-electron chi connectivity index (χ3n) is 4.31. The molecule has 27 heavy (non-hydrogen) atoms. The number of aliphatic imine (C=N–C) groups is 1. The molecule has 2 rings (SSSR count). The zero-order chi connectivity index (χ0) is 19.3. The Morgan fingerprint density at radius 1 is 1.19 bits per heavy atom. The molecular weight excluding hydrogens is 340 g/mol. The Morgan fingerprint density at radius 3 is 2.63 bits per heavy atom. The number of nitrogens with one attached hydrogen (secondary N) is 2. The van der Waals surface area contributed by atoms with Crippen LogP contribution in [0.5, 0.6) is 0 Å². The summed E-state index contributed by atoms with van der Waals surface area (Å²) < 4.78 is 7.15. The number of likely N-dealkylation sites (N-methyl/N-ethyl adjacent to an activating group) is 1. The lowest BCUT2D eigenvalue weighted by atomic mass is 10.1. The van der Waals surface area contributed by atoms with Gasteiger partial charge in [-0.15, -0.1) is 0 Å². The van der Waals surface area contributed by atoms with Crippen molar-refractivity contribution >= 4 is 5.96 Å². The van der Waals surface area contributed by atoms with Crippen molar-refractivity contribution in [3.8, 4) is 0 Å². The van der Waals surface area contributed by atoms with Crippen LogP contribution in [0.3, 0.4) is 0 Å². The quantitative estimate of drug-likeness (QED) is 0.356. The fraction of sp³-hybridized carbons (Fsp3) is 0.500. The van der Waals surface area contributed by atoms with Crippen LogP contribution in [0.25, 0.3) is 0 Å². The number of benzene rings is 1. The molecular formula is C20H32N6O. The van der Waals surface area contributed by atoms with Gasteiger partial charge in [0.1, 0.15) is 0 Å². The number of aromatic nitrogens is 2. The van der Waals surface area contributed by atoms with Gasteiger partial charge in [-0.25, -0.2) is 4.98 Å². The molecule has 0 bridgehead atoms. The highest BCUT2D eigenvalue weighted by Crippen LogP contribution is 2.06. The molecule has 1 aromatic carbocycles. The first-order chi connectivity index (χ1) is 13.2. The van der Waals surface area contributed by atoms with Gasteiger partial charge in [0.05, 0.1) is 6.33 Å². The summed E-state index contributed by atoms with van der Waals surface area (Å²) in [7, 11) is 5.66. The third-order valence-corrected chi connectivity index (χ3v) is 4.31. The molecule has 0 atom stereocenters. The van der Waals surface area contributed by atoms with Crippen LogP contribution in [0, 0.1) is 0 Å². The van der Waals surface area contributed by atoms with Crippen molar-refractivity contribution in [3.63, 3.8) is 0 Å². The SMILES string of the molecule is CN=C(NCCN(C)CCCOC)NCc1ccc(Cn2ccnc2)cc1. The monoisotopic (exact) mass is 372 g/mol. The number of nitrogens with zero attached hydrogens (tertiary/aromatic N) is 4. The van der Waals surface area contributed by atoms with Gasteiger partial charge in [0.15, 0.2) is 5.96 Å². The van der Waals surface area contributed by atoms with Gasteiger partial charge in [0, 0.05) is 65.9 Å². The number of imidazole rings is 1. The number of hydrogen-bond acceptors (Lipinski definition) is 4. The van der Waals surface area contributed by atoms with Crippen LogP contribution in [0.15, 0.2) is 48.0 Å². The second kappa shape index (κ2) is 12.1. The van der Waals surface area contributed by atoms with E-state index in [1.165, 1.54) is 11.1 Å². The Balaban J connectivity index is 1.67. The number of hydrogen-bond donors (Lipinski definition) is 2. The fourth-order valence-electron chi connectivity index (χ4n) is 2.72. The minimum atomic E-state index is 0.745. The summed E-state index contributed by atoms with van der Waals surface area (Å²) >= 11 is 0. The average molecular weight is 373 g/mol. The van der Waals surface area contributed by atoms with Gasteiger partial charge in [-0.05, 0) is 24.6 Å². The molecule has 0 radical (unpaired) electrons. The van der Waals surface area contributed by atoms with Gasteiger partial charge in [0.2, 0.25) is 0 Å². The molecule has 148 valence electrons. The molecule has 1 heterocycles. The molecule has 1 aromatic heterocycles. The molecule has 0 amide bonds. The van der Waals surface area contributed by atoms with Crippen molar-refractivity contribution in [3.05, 3.63) is 54.1 Å². The first-order valence-electron chi connectivity index (χ1n) is 9.37. The number of guanidine groups is 1. The van der Waals surface area contributed by atoms with E-state index in [1.54, 1.807) is 20.4 Å². The zero-order valence-electron chi connectivity index (χ0n) is 16.7. The van der Waals surface area contributed by atoms with Crippen molar-refractivity contribution < 1.29 is 4.74 Å². The Hall–Kier alpha value is -2.38. The molecule has 0 unspecified atom stereocenters. The number of methoxy groups -OCH3 is 1. The van der Waals surface area contributed by atoms with Gasteiger partial charge in [-0.3, -0.25) is 4.99 Å². The molecule has 7 nitrogen and oxygen atoms in total. The predicted octanol–water partition coefficient (Wildman–Crippen LogP) is 1.56. The van der Waals surface area contributed by atoms with Crippen molar-refractivity contribution in [2.45, 2.75) is 19.5 Å². The second-order valence-electron chi connectivity index (χ2n) is 6.55. The lowest BCUT2D eigenvalue weighted by molar-refractivity contribution is 0.180. The van der Waals surface area contributed by atoms with E-state index in [0.717, 1.165) is 51.7 Å². The maximum absolute atomic E-state index is 5.08. The van der Waals surface area contributed by atoms with E-state index < -0.39 is 0 Å². The summed E-state index contributed by atoms with van der Waals surface area (Å²) in [5.41, 5.74) is 2.49. The largest absolute Gasteiger partial charge is 0.385 e. The fourth-order valence-corrected chi connectivity index (χ4v) is 2.72. The van der Waals surface area contributed by atoms with E-state index in [4.69, 9.17) is 4.74 Å². The van der Waals surface area contributed by atoms with Gasteiger partial charge in [0.25, 0.3) is 0 Å². The van der Waals surface area contributed by atoms with Gasteiger partial charge < -0.3 is 24.8 Å². The number of rotatable bonds is 11. The topological polar surface area (TPSA) is 66.7 Å². The van der Waals surface area contributed by atoms with Gasteiger partial charge in [-0.1, -0.05) is 24.3 Å². The molecule has 2 aromatic rings. The summed E-state index contributed by atoms with van der Waals surface area (Å²) in [6.45, 7) is 5.25. The summed E-state index contributed by atoms with van der Waals surface area (Å²) in [6, 6.07) is 8.61. The number of ether oxygens (including phenoxy) is 1. The van der Waals surface area contributed by atoms with Crippen LogP contribution in [0.2, 0.25) is 0 Å². The highest BCUT2D eigenvalue weighted by Gasteiger charge is 2.02. The summed E-state index contributed by atoms with van der Waals surface area (Å²) in [5, 5.41) is 6.72. The highest BCUT2D eigenvalue weighted by atomic mass is 16.5. The van der Waals surface area contributed by atoms with E-state index in [2.05, 4.69) is 61.4 Å². The van der Waals surface area contributed by atoms with Crippen LogP contribution < -0.4 is 10.6 Å². The second-order valence-corrected chi connectivity index (χ2v) is 6.55. The van der Waals surface area contributed by atoms with Crippen molar-refractivity contribution in [2.75, 3.05) is 47.4 Å². The summed E-state index contributed by atoms with van der Waals surface area (Å²) in [5.74, 6) is 0.822. The van der Waals surface area contributed by atoms with Crippen LogP contribution in [-0.4, -0.2) is 67.9 Å². The van der Waals surface area contributed by atoms with Crippen LogP contribution in [-0.2, 0) is 17.8 Å². The van der Waals surface area contributed by atoms with E-state index in [9.17, 15) is 0 Å². The van der Waals surface area contributed by atoms with Crippen molar-refractivity contribution in [2.24, 2.45) is 4.99 Å². The smallest absolute Gasteiger partial charge is 0.191 e. The van der Waals surface area contributed by atoms with E-state index in [0.29, 0.717) is 0 Å². The molecule has 0 aliphatic rings. The Morgan fingerprint density at radius 2 is 1.96 bits per heavy atom. The maximum Gasteiger partial charge on any atom is 0.191 e. The van der Waals surface area contributed by atoms with Crippen LogP contribution in [0.1, 0.15) is 17.5 Å². The molecule has 0 spiro atoms. The molecule has 0 aliphatic heterocycles. The molecule has 0 aliphatic carbocycles. The average Bonchev–Trinajstić information content (AvgIpc) is 3.19. The van der Waals surface area contributed by atoms with E-state index in [-0.39, 0.29) is 0 Å². The van der Waals surface area contributed by atoms with Crippen molar-refractivity contribution in [1.82, 2.24) is 25.1 Å². The summed E-state index contributed by atoms with van der Waals surface area (Å²) in [6.07, 6.45) is 6.66. The van der Waals surface area contributed by atoms with E-state index >= 15 is 0 Å². The Bertz CT molecular complexity index is 654. The maximum atomic E-state index is 5.08. The summed E-state index contributed by atoms with van der Waals surface area (Å²) in [4.78, 5) is 10.7. The highest BCUT2D eigenvalue weighted by molar-refractivity contribution is 5.79. The van der Waals surface area contributed by atoms with Gasteiger partial charge >= 0.3 is 0 Å². The molecule has 2 N–H and O–H groups in total. The zero-order valence-corrected chi connectivity index (χ0v) is 16.7. The molecule has 0 saturated carbocycles. The normalized spacial score (nSPS) is 11.8. The predicted molar refractivity (Wildman–Crippen MR) is 110 cm³/mol. The Kier molecular flexibility index (Phi) is 9.37. The lowest BCUT2D eigenvalue weighted by Gasteiger charge is -2.18. The standard InChI is InChI=1S/C20H32N6O/c1-21-20(23-10-12-25(2)11-4-14-27-3)24-15-18-5-7-19(8-6-18)16-26-13-9-22-17-26/h5-9,13,17H,4,10-12,14-16H2,1-3H3,(H2,21,23,24). The third kappa shape index (κ3) is 8.23. The minimum absolute atomic E-state index is 0.745. The van der Waals surface area contributed by atoms with Crippen LogP contribution in [0.4, 0.5) is 0 Å². The molecule has 7 heteroatoms. The molecule has 0 fully saturated rings. The van der Waals surface area contributed by atoms with Crippen molar-refractivity contribution in [1.29, 1.82) is 0 Å². The minimum Gasteiger partial charge on any atom is -0.385 e.